The molecule has 0 aliphatic carbocycles. The van der Waals surface area contributed by atoms with E-state index in [2.05, 4.69) is 5.32 Å². The van der Waals surface area contributed by atoms with Crippen molar-refractivity contribution in [2.45, 2.75) is 9.79 Å². The summed E-state index contributed by atoms with van der Waals surface area (Å²) < 4.78 is 5.19. The van der Waals surface area contributed by atoms with Crippen molar-refractivity contribution in [3.63, 3.8) is 0 Å². The average molecular weight is 449 g/mol. The van der Waals surface area contributed by atoms with Gasteiger partial charge in [0, 0.05) is 34.7 Å². The van der Waals surface area contributed by atoms with Gasteiger partial charge in [-0.2, -0.15) is 0 Å². The Morgan fingerprint density at radius 3 is 2.44 bits per heavy atom. The third-order valence-corrected chi connectivity index (χ3v) is 6.13. The Kier molecular flexibility index (Phi) is 6.25. The van der Waals surface area contributed by atoms with Crippen molar-refractivity contribution >= 4 is 40.9 Å². The second-order valence-electron chi connectivity index (χ2n) is 7.07. The highest BCUT2D eigenvalue weighted by Crippen LogP contribution is 2.42. The highest BCUT2D eigenvalue weighted by atomic mass is 32.2. The Morgan fingerprint density at radius 2 is 1.72 bits per heavy atom. The number of aromatic carboxylic acids is 1. The zero-order valence-electron chi connectivity index (χ0n) is 17.2. The van der Waals surface area contributed by atoms with Gasteiger partial charge in [-0.25, -0.2) is 4.79 Å². The topological polar surface area (TPSA) is 95.9 Å². The zero-order valence-corrected chi connectivity index (χ0v) is 18.0. The molecule has 0 saturated heterocycles. The molecule has 0 spiro atoms. The van der Waals surface area contributed by atoms with E-state index in [4.69, 9.17) is 9.84 Å². The van der Waals surface area contributed by atoms with E-state index in [0.717, 1.165) is 15.5 Å². The van der Waals surface area contributed by atoms with Crippen LogP contribution in [-0.2, 0) is 4.74 Å². The first-order valence-corrected chi connectivity index (χ1v) is 10.7. The molecule has 7 nitrogen and oxygen atoms in total. The van der Waals surface area contributed by atoms with Gasteiger partial charge in [0.05, 0.1) is 23.4 Å². The van der Waals surface area contributed by atoms with Crippen LogP contribution >= 0.6 is 11.8 Å². The van der Waals surface area contributed by atoms with Crippen molar-refractivity contribution in [2.75, 3.05) is 30.5 Å². The van der Waals surface area contributed by atoms with Crippen LogP contribution in [0.2, 0.25) is 0 Å². The van der Waals surface area contributed by atoms with Crippen molar-refractivity contribution in [2.24, 2.45) is 0 Å². The minimum Gasteiger partial charge on any atom is -0.478 e. The number of carboxylic acid groups (broad SMARTS) is 1. The quantitative estimate of drug-likeness (QED) is 0.581. The molecule has 0 fully saturated rings. The summed E-state index contributed by atoms with van der Waals surface area (Å²) in [5.41, 5.74) is 2.40. The molecule has 0 saturated carbocycles. The Bertz CT molecular complexity index is 1190. The summed E-state index contributed by atoms with van der Waals surface area (Å²) in [6.07, 6.45) is 0. The summed E-state index contributed by atoms with van der Waals surface area (Å²) in [5.74, 6) is -1.50. The lowest BCUT2D eigenvalue weighted by Crippen LogP contribution is -2.33. The molecule has 8 heteroatoms. The molecule has 32 heavy (non-hydrogen) atoms. The number of ether oxygens (including phenoxy) is 1. The lowest BCUT2D eigenvalue weighted by atomic mass is 10.1. The van der Waals surface area contributed by atoms with Crippen LogP contribution in [0.4, 0.5) is 11.4 Å². The highest BCUT2D eigenvalue weighted by molar-refractivity contribution is 7.99. The van der Waals surface area contributed by atoms with Gasteiger partial charge in [0.15, 0.2) is 0 Å². The summed E-state index contributed by atoms with van der Waals surface area (Å²) in [6.45, 7) is 0.793. The fourth-order valence-corrected chi connectivity index (χ4v) is 4.49. The lowest BCUT2D eigenvalue weighted by molar-refractivity contribution is 0.0696. The van der Waals surface area contributed by atoms with Gasteiger partial charge < -0.3 is 20.1 Å². The van der Waals surface area contributed by atoms with Gasteiger partial charge in [0.25, 0.3) is 11.8 Å². The van der Waals surface area contributed by atoms with Crippen molar-refractivity contribution < 1.29 is 24.2 Å². The van der Waals surface area contributed by atoms with E-state index in [9.17, 15) is 14.4 Å². The largest absolute Gasteiger partial charge is 0.478 e. The number of carboxylic acids is 1. The first-order chi connectivity index (χ1) is 15.5. The van der Waals surface area contributed by atoms with Crippen LogP contribution in [0, 0.1) is 0 Å². The van der Waals surface area contributed by atoms with Crippen LogP contribution in [0.5, 0.6) is 0 Å². The lowest BCUT2D eigenvalue weighted by Gasteiger charge is -2.23. The van der Waals surface area contributed by atoms with E-state index in [1.54, 1.807) is 24.1 Å². The van der Waals surface area contributed by atoms with Crippen LogP contribution in [0.15, 0.2) is 76.5 Å². The molecule has 1 aliphatic heterocycles. The van der Waals surface area contributed by atoms with Gasteiger partial charge in [-0.15, -0.1) is 0 Å². The number of hydrogen-bond donors (Lipinski definition) is 2. The van der Waals surface area contributed by atoms with Crippen LogP contribution in [-0.4, -0.2) is 43.2 Å². The average Bonchev–Trinajstić information content (AvgIpc) is 2.91. The normalized spacial score (nSPS) is 12.5. The second kappa shape index (κ2) is 9.25. The Hall–Kier alpha value is -3.62. The van der Waals surface area contributed by atoms with Gasteiger partial charge in [-0.3, -0.25) is 9.59 Å². The third kappa shape index (κ3) is 4.37. The monoisotopic (exact) mass is 448 g/mol. The van der Waals surface area contributed by atoms with Crippen LogP contribution < -0.4 is 10.2 Å². The summed E-state index contributed by atoms with van der Waals surface area (Å²) in [7, 11) is 1.59. The van der Waals surface area contributed by atoms with E-state index in [0.29, 0.717) is 30.0 Å². The maximum atomic E-state index is 13.2. The molecule has 0 unspecified atom stereocenters. The SMILES string of the molecule is COCCN1C(=O)c2ccccc2Sc2cc(NC(=O)c3ccc(C(=O)O)cc3)ccc21. The molecule has 162 valence electrons. The Morgan fingerprint density at radius 1 is 1.00 bits per heavy atom. The van der Waals surface area contributed by atoms with E-state index < -0.39 is 5.97 Å². The summed E-state index contributed by atoms with van der Waals surface area (Å²) in [6, 6.07) is 18.5. The molecule has 4 rings (SSSR count). The number of benzene rings is 3. The van der Waals surface area contributed by atoms with Crippen LogP contribution in [0.25, 0.3) is 0 Å². The Labute approximate surface area is 189 Å². The molecular formula is C24H20N2O5S. The van der Waals surface area contributed by atoms with Gasteiger partial charge in [-0.05, 0) is 54.6 Å². The van der Waals surface area contributed by atoms with Gasteiger partial charge in [-0.1, -0.05) is 23.9 Å². The van der Waals surface area contributed by atoms with Crippen molar-refractivity contribution in [1.82, 2.24) is 0 Å². The summed E-state index contributed by atoms with van der Waals surface area (Å²) in [4.78, 5) is 40.2. The predicted octanol–water partition coefficient (Wildman–Crippen LogP) is 4.39. The van der Waals surface area contributed by atoms with Gasteiger partial charge >= 0.3 is 5.97 Å². The summed E-state index contributed by atoms with van der Waals surface area (Å²) in [5, 5.41) is 11.9. The molecule has 2 amide bonds. The molecule has 0 radical (unpaired) electrons. The zero-order chi connectivity index (χ0) is 22.7. The molecule has 1 heterocycles. The standard InChI is InChI=1S/C24H20N2O5S/c1-31-13-12-26-19-11-10-17(25-22(27)15-6-8-16(9-7-15)24(29)30)14-21(19)32-20-5-3-2-4-18(20)23(26)28/h2-11,14H,12-13H2,1H3,(H,25,27)(H,29,30). The van der Waals surface area contributed by atoms with Crippen LogP contribution in [0.1, 0.15) is 31.1 Å². The molecule has 3 aromatic carbocycles. The van der Waals surface area contributed by atoms with Crippen molar-refractivity contribution in [3.8, 4) is 0 Å². The number of fused-ring (bicyclic) bond motifs is 2. The van der Waals surface area contributed by atoms with Crippen LogP contribution in [0.3, 0.4) is 0 Å². The second-order valence-corrected chi connectivity index (χ2v) is 8.15. The number of carbonyl (C=O) groups excluding carboxylic acids is 2. The molecule has 1 aliphatic rings. The molecular weight excluding hydrogens is 428 g/mol. The fourth-order valence-electron chi connectivity index (χ4n) is 3.37. The van der Waals surface area contributed by atoms with Crippen molar-refractivity contribution in [1.29, 1.82) is 0 Å². The predicted molar refractivity (Wildman–Crippen MR) is 122 cm³/mol. The number of nitrogens with zero attached hydrogens (tertiary/aromatic N) is 1. The van der Waals surface area contributed by atoms with Crippen molar-refractivity contribution in [3.05, 3.63) is 83.4 Å². The maximum Gasteiger partial charge on any atom is 0.335 e. The minimum absolute atomic E-state index is 0.0980. The third-order valence-electron chi connectivity index (χ3n) is 5.00. The number of anilines is 2. The van der Waals surface area contributed by atoms with E-state index in [-0.39, 0.29) is 17.4 Å². The highest BCUT2D eigenvalue weighted by Gasteiger charge is 2.27. The number of nitrogens with one attached hydrogen (secondary N) is 1. The van der Waals surface area contributed by atoms with Gasteiger partial charge in [0.1, 0.15) is 0 Å². The smallest absolute Gasteiger partial charge is 0.335 e. The first-order valence-electron chi connectivity index (χ1n) is 9.84. The van der Waals surface area contributed by atoms with E-state index in [1.807, 2.05) is 30.3 Å². The molecule has 2 N–H and O–H groups in total. The van der Waals surface area contributed by atoms with E-state index >= 15 is 0 Å². The number of methoxy groups -OCH3 is 1. The number of amides is 2. The minimum atomic E-state index is -1.05. The van der Waals surface area contributed by atoms with Gasteiger partial charge in [0.2, 0.25) is 0 Å². The Balaban J connectivity index is 1.64. The molecule has 3 aromatic rings. The fraction of sp³-hybridized carbons (Fsp3) is 0.125. The van der Waals surface area contributed by atoms with E-state index in [1.165, 1.54) is 36.0 Å². The summed E-state index contributed by atoms with van der Waals surface area (Å²) >= 11 is 1.47. The number of hydrogen-bond acceptors (Lipinski definition) is 5. The molecule has 0 atom stereocenters. The maximum absolute atomic E-state index is 13.2. The number of carbonyl (C=O) groups is 3. The molecule has 0 bridgehead atoms. The first kappa shape index (κ1) is 21.6. The molecule has 0 aromatic heterocycles. The number of rotatable bonds is 6.